The van der Waals surface area contributed by atoms with Crippen molar-refractivity contribution in [3.63, 3.8) is 0 Å². The van der Waals surface area contributed by atoms with Crippen LogP contribution in [0.15, 0.2) is 59.5 Å². The molecule has 158 valence electrons. The van der Waals surface area contributed by atoms with Gasteiger partial charge in [-0.25, -0.2) is 9.97 Å². The maximum Gasteiger partial charge on any atom is 0.248 e. The van der Waals surface area contributed by atoms with Gasteiger partial charge in [-0.15, -0.1) is 0 Å². The number of hydrogen-bond donors (Lipinski definition) is 2. The van der Waals surface area contributed by atoms with Gasteiger partial charge in [0.25, 0.3) is 0 Å². The van der Waals surface area contributed by atoms with Crippen LogP contribution in [0.3, 0.4) is 0 Å². The van der Waals surface area contributed by atoms with Crippen molar-refractivity contribution in [2.45, 2.75) is 19.9 Å². The second kappa shape index (κ2) is 8.47. The van der Waals surface area contributed by atoms with Crippen LogP contribution in [0.4, 0.5) is 5.82 Å². The van der Waals surface area contributed by atoms with Gasteiger partial charge in [0.15, 0.2) is 11.5 Å². The molecule has 2 N–H and O–H groups in total. The van der Waals surface area contributed by atoms with E-state index in [9.17, 15) is 4.79 Å². The molecule has 4 rings (SSSR count). The van der Waals surface area contributed by atoms with Crippen LogP contribution in [-0.2, 0) is 0 Å². The highest BCUT2D eigenvalue weighted by molar-refractivity contribution is 5.92. The van der Waals surface area contributed by atoms with Gasteiger partial charge in [0.2, 0.25) is 5.56 Å². The van der Waals surface area contributed by atoms with Gasteiger partial charge in [-0.05, 0) is 48.7 Å². The van der Waals surface area contributed by atoms with E-state index < -0.39 is 0 Å². The Balaban J connectivity index is 1.71. The van der Waals surface area contributed by atoms with Crippen LogP contribution in [-0.4, -0.2) is 29.2 Å². The predicted molar refractivity (Wildman–Crippen MR) is 122 cm³/mol. The monoisotopic (exact) mass is 416 g/mol. The maximum absolute atomic E-state index is 11.7. The number of benzene rings is 2. The van der Waals surface area contributed by atoms with Gasteiger partial charge < -0.3 is 19.8 Å². The highest BCUT2D eigenvalue weighted by Crippen LogP contribution is 2.35. The molecule has 0 spiro atoms. The Kier molecular flexibility index (Phi) is 5.58. The number of methoxy groups -OCH3 is 2. The summed E-state index contributed by atoms with van der Waals surface area (Å²) < 4.78 is 10.9. The first kappa shape index (κ1) is 20.4. The third-order valence-corrected chi connectivity index (χ3v) is 5.16. The van der Waals surface area contributed by atoms with Gasteiger partial charge in [-0.3, -0.25) is 4.79 Å². The summed E-state index contributed by atoms with van der Waals surface area (Å²) in [5, 5.41) is 4.35. The normalized spacial score (nSPS) is 11.9. The molecule has 0 saturated carbocycles. The number of rotatable bonds is 6. The van der Waals surface area contributed by atoms with E-state index in [4.69, 9.17) is 9.47 Å². The van der Waals surface area contributed by atoms with E-state index in [1.165, 1.54) is 0 Å². The molecule has 0 fully saturated rings. The maximum atomic E-state index is 11.7. The molecule has 4 aromatic rings. The number of H-pyrrole nitrogens is 1. The van der Waals surface area contributed by atoms with Crippen molar-refractivity contribution in [2.24, 2.45) is 0 Å². The molecule has 0 radical (unpaired) electrons. The molecule has 2 heterocycles. The number of hydrogen-bond acceptors (Lipinski definition) is 6. The van der Waals surface area contributed by atoms with Gasteiger partial charge in [0.1, 0.15) is 11.6 Å². The van der Waals surface area contributed by atoms with Crippen LogP contribution < -0.4 is 20.3 Å². The summed E-state index contributed by atoms with van der Waals surface area (Å²) in [6, 6.07) is 15.3. The molecule has 2 aromatic heterocycles. The molecule has 7 nitrogen and oxygen atoms in total. The molecule has 0 saturated heterocycles. The summed E-state index contributed by atoms with van der Waals surface area (Å²) in [7, 11) is 3.21. The number of aromatic nitrogens is 3. The Morgan fingerprint density at radius 1 is 0.968 bits per heavy atom. The number of fused-ring (bicyclic) bond motifs is 1. The first-order valence-corrected chi connectivity index (χ1v) is 9.94. The van der Waals surface area contributed by atoms with Gasteiger partial charge in [-0.1, -0.05) is 18.2 Å². The number of ether oxygens (including phenoxy) is 2. The molecule has 1 atom stereocenters. The van der Waals surface area contributed by atoms with Gasteiger partial charge in [0, 0.05) is 29.8 Å². The largest absolute Gasteiger partial charge is 0.493 e. The molecule has 31 heavy (non-hydrogen) atoms. The van der Waals surface area contributed by atoms with Gasteiger partial charge in [0.05, 0.1) is 19.7 Å². The van der Waals surface area contributed by atoms with Crippen LogP contribution in [0.5, 0.6) is 11.5 Å². The minimum atomic E-state index is -0.124. The Hall–Kier alpha value is -3.87. The molecule has 7 heteroatoms. The molecule has 0 aliphatic heterocycles. The van der Waals surface area contributed by atoms with Gasteiger partial charge >= 0.3 is 0 Å². The number of anilines is 1. The molecule has 0 aliphatic rings. The number of nitrogens with zero attached hydrogens (tertiary/aromatic N) is 2. The summed E-state index contributed by atoms with van der Waals surface area (Å²) in [6.07, 6.45) is 1.66. The lowest BCUT2D eigenvalue weighted by Gasteiger charge is -2.18. The highest BCUT2D eigenvalue weighted by Gasteiger charge is 2.15. The van der Waals surface area contributed by atoms with Crippen LogP contribution in [0, 0.1) is 6.92 Å². The second-order valence-corrected chi connectivity index (χ2v) is 7.28. The average Bonchev–Trinajstić information content (AvgIpc) is 2.78. The number of nitrogens with one attached hydrogen (secondary N) is 2. The van der Waals surface area contributed by atoms with Crippen molar-refractivity contribution in [2.75, 3.05) is 19.5 Å². The van der Waals surface area contributed by atoms with E-state index in [1.807, 2.05) is 43.3 Å². The zero-order valence-electron chi connectivity index (χ0n) is 17.9. The molecular formula is C24H24N4O3. The van der Waals surface area contributed by atoms with Crippen LogP contribution >= 0.6 is 0 Å². The van der Waals surface area contributed by atoms with E-state index in [2.05, 4.69) is 33.3 Å². The first-order valence-electron chi connectivity index (χ1n) is 9.94. The molecular weight excluding hydrogens is 392 g/mol. The van der Waals surface area contributed by atoms with Crippen molar-refractivity contribution in [1.82, 2.24) is 15.0 Å². The highest BCUT2D eigenvalue weighted by atomic mass is 16.5. The van der Waals surface area contributed by atoms with Crippen LogP contribution in [0.25, 0.3) is 22.0 Å². The second-order valence-electron chi connectivity index (χ2n) is 7.28. The number of pyridine rings is 1. The average molecular weight is 416 g/mol. The molecule has 0 aliphatic carbocycles. The van der Waals surface area contributed by atoms with Crippen molar-refractivity contribution in [3.05, 3.63) is 76.5 Å². The minimum absolute atomic E-state index is 0.0347. The lowest BCUT2D eigenvalue weighted by molar-refractivity contribution is 0.356. The fraction of sp³-hybridized carbons (Fsp3) is 0.208. The first-order chi connectivity index (χ1) is 15.0. The van der Waals surface area contributed by atoms with Crippen molar-refractivity contribution >= 4 is 16.7 Å². The Morgan fingerprint density at radius 3 is 2.45 bits per heavy atom. The van der Waals surface area contributed by atoms with Crippen molar-refractivity contribution < 1.29 is 9.47 Å². The summed E-state index contributed by atoms with van der Waals surface area (Å²) in [5.74, 6) is 2.62. The van der Waals surface area contributed by atoms with Gasteiger partial charge in [-0.2, -0.15) is 0 Å². The Morgan fingerprint density at radius 2 is 1.71 bits per heavy atom. The lowest BCUT2D eigenvalue weighted by Crippen LogP contribution is -2.10. The van der Waals surface area contributed by atoms with E-state index in [1.54, 1.807) is 26.5 Å². The van der Waals surface area contributed by atoms with Crippen molar-refractivity contribution in [3.8, 4) is 22.6 Å². The third-order valence-electron chi connectivity index (χ3n) is 5.16. The standard InChI is InChI=1S/C24H24N4O3/c1-14(16-6-5-7-17(10-16)18-8-9-25-23(29)11-18)26-24-19-12-21(30-3)22(31-4)13-20(19)27-15(2)28-24/h5-14H,1-4H3,(H,25,29)(H,26,27,28)/t14-/m1/s1. The molecule has 0 unspecified atom stereocenters. The van der Waals surface area contributed by atoms with E-state index in [0.717, 1.165) is 33.4 Å². The quantitative estimate of drug-likeness (QED) is 0.482. The van der Waals surface area contributed by atoms with E-state index in [0.29, 0.717) is 17.3 Å². The summed E-state index contributed by atoms with van der Waals surface area (Å²) in [5.41, 5.74) is 3.58. The van der Waals surface area contributed by atoms with E-state index in [-0.39, 0.29) is 11.6 Å². The fourth-order valence-electron chi connectivity index (χ4n) is 3.58. The zero-order valence-corrected chi connectivity index (χ0v) is 17.9. The van der Waals surface area contributed by atoms with E-state index >= 15 is 0 Å². The smallest absolute Gasteiger partial charge is 0.248 e. The minimum Gasteiger partial charge on any atom is -0.493 e. The SMILES string of the molecule is COc1cc2nc(C)nc(N[C@H](C)c3cccc(-c4cc[nH]c(=O)c4)c3)c2cc1OC. The summed E-state index contributed by atoms with van der Waals surface area (Å²) >= 11 is 0. The topological polar surface area (TPSA) is 89.1 Å². The third kappa shape index (κ3) is 4.21. The number of aromatic amines is 1. The molecule has 0 amide bonds. The Bertz CT molecular complexity index is 1300. The number of aryl methyl sites for hydroxylation is 1. The predicted octanol–water partition coefficient (Wildman–Crippen LogP) is 4.48. The summed E-state index contributed by atoms with van der Waals surface area (Å²) in [6.45, 7) is 3.93. The van der Waals surface area contributed by atoms with Crippen molar-refractivity contribution in [1.29, 1.82) is 0 Å². The van der Waals surface area contributed by atoms with Crippen LogP contribution in [0.1, 0.15) is 24.4 Å². The van der Waals surface area contributed by atoms with Crippen LogP contribution in [0.2, 0.25) is 0 Å². The Labute approximate surface area is 180 Å². The fourth-order valence-corrected chi connectivity index (χ4v) is 3.58. The zero-order chi connectivity index (χ0) is 22.0. The molecule has 0 bridgehead atoms. The lowest BCUT2D eigenvalue weighted by atomic mass is 10.0. The summed E-state index contributed by atoms with van der Waals surface area (Å²) in [4.78, 5) is 23.5. The molecule has 2 aromatic carbocycles.